The van der Waals surface area contributed by atoms with Gasteiger partial charge in [0.05, 0.1) is 13.2 Å². The van der Waals surface area contributed by atoms with Crippen molar-refractivity contribution >= 4 is 5.78 Å². The van der Waals surface area contributed by atoms with Gasteiger partial charge in [-0.15, -0.1) is 0 Å². The second kappa shape index (κ2) is 12.9. The maximum Gasteiger partial charge on any atom is 0.222 e. The van der Waals surface area contributed by atoms with Gasteiger partial charge in [-0.1, -0.05) is 78.0 Å². The summed E-state index contributed by atoms with van der Waals surface area (Å²) in [5.74, 6) is 0.399. The molecule has 1 aliphatic rings. The number of ether oxygens (including phenoxy) is 4. The molecule has 33 heavy (non-hydrogen) atoms. The first-order valence-electron chi connectivity index (χ1n) is 11.8. The highest BCUT2D eigenvalue weighted by atomic mass is 16.7. The average molecular weight is 457 g/mol. The quantitative estimate of drug-likeness (QED) is 0.208. The summed E-state index contributed by atoms with van der Waals surface area (Å²) in [4.78, 5) is 12.7. The van der Waals surface area contributed by atoms with E-state index in [0.29, 0.717) is 48.9 Å². The summed E-state index contributed by atoms with van der Waals surface area (Å²) in [5.41, 5.74) is 1.40. The zero-order valence-corrected chi connectivity index (χ0v) is 21.2. The highest BCUT2D eigenvalue weighted by Crippen LogP contribution is 2.35. The van der Waals surface area contributed by atoms with E-state index >= 15 is 0 Å². The van der Waals surface area contributed by atoms with E-state index in [1.54, 1.807) is 31.4 Å². The molecule has 1 aromatic carbocycles. The van der Waals surface area contributed by atoms with Crippen LogP contribution >= 0.6 is 0 Å². The van der Waals surface area contributed by atoms with Gasteiger partial charge in [0, 0.05) is 25.4 Å². The molecule has 0 aromatic heterocycles. The van der Waals surface area contributed by atoms with E-state index in [9.17, 15) is 4.79 Å². The highest BCUT2D eigenvalue weighted by molar-refractivity contribution is 6.04. The summed E-state index contributed by atoms with van der Waals surface area (Å²) < 4.78 is 24.7. The van der Waals surface area contributed by atoms with Crippen LogP contribution in [0, 0.1) is 17.8 Å². The van der Waals surface area contributed by atoms with Crippen LogP contribution in [-0.4, -0.2) is 44.6 Å². The third-order valence-corrected chi connectivity index (χ3v) is 4.95. The largest absolute Gasteiger partial charge is 0.493 e. The molecule has 0 bridgehead atoms. The van der Waals surface area contributed by atoms with E-state index in [2.05, 4.69) is 41.5 Å². The van der Waals surface area contributed by atoms with Gasteiger partial charge in [0.15, 0.2) is 5.78 Å². The molecule has 0 N–H and O–H groups in total. The first kappa shape index (κ1) is 27.0. The molecule has 2 atom stereocenters. The van der Waals surface area contributed by atoms with Gasteiger partial charge in [0.1, 0.15) is 11.9 Å². The van der Waals surface area contributed by atoms with Gasteiger partial charge >= 0.3 is 0 Å². The number of benzene rings is 1. The predicted molar refractivity (Wildman–Crippen MR) is 132 cm³/mol. The number of hydrogen-bond donors (Lipinski definition) is 0. The van der Waals surface area contributed by atoms with E-state index in [0.717, 1.165) is 5.57 Å². The molecule has 0 radical (unpaired) electrons. The van der Waals surface area contributed by atoms with Crippen LogP contribution in [0.25, 0.3) is 0 Å². The van der Waals surface area contributed by atoms with Gasteiger partial charge in [-0.2, -0.15) is 0 Å². The van der Waals surface area contributed by atoms with Crippen molar-refractivity contribution in [3.05, 3.63) is 71.5 Å². The van der Waals surface area contributed by atoms with Gasteiger partial charge in [-0.05, 0) is 35.5 Å². The smallest absolute Gasteiger partial charge is 0.222 e. The first-order chi connectivity index (χ1) is 15.7. The summed E-state index contributed by atoms with van der Waals surface area (Å²) in [7, 11) is 1.62. The van der Waals surface area contributed by atoms with Gasteiger partial charge in [0.25, 0.3) is 0 Å². The van der Waals surface area contributed by atoms with E-state index in [1.165, 1.54) is 0 Å². The standard InChI is InChI=1S/C28H40O5/c1-20(2)17-31-25-15-24(13-14-26(29)23-11-9-8-10-12-23)27(32-18-21(3)4)28(16-25,30-7)33-19-22(5)6/h8-16,20-22,27H,17-19H2,1-7H3/b14-13+. The van der Waals surface area contributed by atoms with Crippen LogP contribution in [-0.2, 0) is 18.9 Å². The minimum atomic E-state index is -1.16. The molecule has 182 valence electrons. The number of allylic oxidation sites excluding steroid dienone is 2. The van der Waals surface area contributed by atoms with Crippen molar-refractivity contribution in [2.75, 3.05) is 26.9 Å². The number of rotatable bonds is 13. The average Bonchev–Trinajstić information content (AvgIpc) is 2.79. The topological polar surface area (TPSA) is 54.0 Å². The van der Waals surface area contributed by atoms with Crippen molar-refractivity contribution in [3.63, 3.8) is 0 Å². The van der Waals surface area contributed by atoms with Crippen molar-refractivity contribution in [1.29, 1.82) is 0 Å². The molecule has 1 aromatic rings. The lowest BCUT2D eigenvalue weighted by atomic mass is 9.92. The van der Waals surface area contributed by atoms with Gasteiger partial charge < -0.3 is 18.9 Å². The Morgan fingerprint density at radius 3 is 2.18 bits per heavy atom. The summed E-state index contributed by atoms with van der Waals surface area (Å²) in [6.07, 6.45) is 6.59. The summed E-state index contributed by atoms with van der Waals surface area (Å²) >= 11 is 0. The van der Waals surface area contributed by atoms with Gasteiger partial charge in [-0.3, -0.25) is 4.79 Å². The van der Waals surface area contributed by atoms with E-state index in [-0.39, 0.29) is 5.78 Å². The number of carbonyl (C=O) groups excluding carboxylic acids is 1. The number of ketones is 1. The molecule has 0 spiro atoms. The van der Waals surface area contributed by atoms with Crippen LogP contribution < -0.4 is 0 Å². The molecular weight excluding hydrogens is 416 g/mol. The third kappa shape index (κ3) is 8.26. The van der Waals surface area contributed by atoms with Crippen molar-refractivity contribution in [2.45, 2.75) is 53.4 Å². The molecule has 2 rings (SSSR count). The fourth-order valence-electron chi connectivity index (χ4n) is 3.28. The van der Waals surface area contributed by atoms with E-state index in [4.69, 9.17) is 18.9 Å². The van der Waals surface area contributed by atoms with Crippen LogP contribution in [0.15, 0.2) is 66.0 Å². The van der Waals surface area contributed by atoms with Crippen molar-refractivity contribution in [1.82, 2.24) is 0 Å². The lowest BCUT2D eigenvalue weighted by Crippen LogP contribution is -2.50. The number of carbonyl (C=O) groups is 1. The van der Waals surface area contributed by atoms with Crippen LogP contribution in [0.3, 0.4) is 0 Å². The minimum absolute atomic E-state index is 0.0792. The molecule has 0 saturated carbocycles. The molecule has 0 aliphatic heterocycles. The molecule has 0 heterocycles. The van der Waals surface area contributed by atoms with Crippen LogP contribution in [0.1, 0.15) is 51.9 Å². The monoisotopic (exact) mass is 456 g/mol. The summed E-state index contributed by atoms with van der Waals surface area (Å²) in [6.45, 7) is 14.1. The van der Waals surface area contributed by atoms with Gasteiger partial charge in [0.2, 0.25) is 5.79 Å². The normalized spacial score (nSPS) is 21.1. The minimum Gasteiger partial charge on any atom is -0.493 e. The Bertz CT molecular complexity index is 835. The SMILES string of the molecule is COC1(OCC(C)C)C=C(OCC(C)C)C=C(/C=C/C(=O)c2ccccc2)C1OCC(C)C. The highest BCUT2D eigenvalue weighted by Gasteiger charge is 2.44. The Morgan fingerprint density at radius 1 is 0.970 bits per heavy atom. The Kier molecular flexibility index (Phi) is 10.6. The number of hydrogen-bond acceptors (Lipinski definition) is 5. The van der Waals surface area contributed by atoms with E-state index < -0.39 is 11.9 Å². The van der Waals surface area contributed by atoms with Crippen molar-refractivity contribution in [3.8, 4) is 0 Å². The second-order valence-corrected chi connectivity index (χ2v) is 9.70. The van der Waals surface area contributed by atoms with E-state index in [1.807, 2.05) is 30.4 Å². The molecular formula is C28H40O5. The first-order valence-corrected chi connectivity index (χ1v) is 11.8. The Hall–Kier alpha value is -2.21. The zero-order chi connectivity index (χ0) is 24.4. The predicted octanol–water partition coefficient (Wildman–Crippen LogP) is 5.98. The third-order valence-electron chi connectivity index (χ3n) is 4.95. The maximum atomic E-state index is 12.7. The fourth-order valence-corrected chi connectivity index (χ4v) is 3.28. The molecule has 0 fully saturated rings. The van der Waals surface area contributed by atoms with Crippen molar-refractivity contribution in [2.24, 2.45) is 17.8 Å². The Morgan fingerprint density at radius 2 is 1.61 bits per heavy atom. The fraction of sp³-hybridized carbons (Fsp3) is 0.536. The molecule has 2 unspecified atom stereocenters. The maximum absolute atomic E-state index is 12.7. The van der Waals surface area contributed by atoms with Crippen LogP contribution in [0.4, 0.5) is 0 Å². The lowest BCUT2D eigenvalue weighted by molar-refractivity contribution is -0.248. The number of methoxy groups -OCH3 is 1. The molecule has 1 aliphatic carbocycles. The van der Waals surface area contributed by atoms with Crippen LogP contribution in [0.5, 0.6) is 0 Å². The summed E-state index contributed by atoms with van der Waals surface area (Å²) in [5, 5.41) is 0. The Balaban J connectivity index is 2.45. The molecule has 5 heteroatoms. The Labute approximate surface area is 199 Å². The van der Waals surface area contributed by atoms with Crippen molar-refractivity contribution < 1.29 is 23.7 Å². The van der Waals surface area contributed by atoms with Gasteiger partial charge in [-0.25, -0.2) is 0 Å². The lowest BCUT2D eigenvalue weighted by Gasteiger charge is -2.40. The zero-order valence-electron chi connectivity index (χ0n) is 21.2. The molecule has 5 nitrogen and oxygen atoms in total. The molecule has 0 amide bonds. The van der Waals surface area contributed by atoms with Crippen LogP contribution in [0.2, 0.25) is 0 Å². The molecule has 0 saturated heterocycles. The summed E-state index contributed by atoms with van der Waals surface area (Å²) in [6, 6.07) is 9.20. The second-order valence-electron chi connectivity index (χ2n) is 9.70.